The maximum absolute atomic E-state index is 11.0. The molecule has 0 amide bonds. The van der Waals surface area contributed by atoms with E-state index in [-0.39, 0.29) is 11.5 Å². The molecule has 0 aliphatic carbocycles. The van der Waals surface area contributed by atoms with E-state index >= 15 is 0 Å². The molecule has 3 nitrogen and oxygen atoms in total. The molecule has 0 aromatic rings. The van der Waals surface area contributed by atoms with Crippen molar-refractivity contribution in [2.75, 3.05) is 12.1 Å². The zero-order valence-corrected chi connectivity index (χ0v) is 10.2. The quantitative estimate of drug-likeness (QED) is 0.742. The first-order valence-corrected chi connectivity index (χ1v) is 6.62. The summed E-state index contributed by atoms with van der Waals surface area (Å²) in [5.74, 6) is 0.463. The highest BCUT2D eigenvalue weighted by molar-refractivity contribution is 7.88. The molecule has 1 unspecified atom stereocenters. The second kappa shape index (κ2) is 4.62. The molecule has 0 heterocycles. The molecule has 0 saturated carbocycles. The Morgan fingerprint density at radius 2 is 1.85 bits per heavy atom. The van der Waals surface area contributed by atoms with Gasteiger partial charge in [0.1, 0.15) is 0 Å². The smallest absolute Gasteiger partial charge is 0.208 e. The number of alkyl halides is 1. The van der Waals surface area contributed by atoms with Gasteiger partial charge in [-0.1, -0.05) is 20.8 Å². The van der Waals surface area contributed by atoms with Gasteiger partial charge in [0.2, 0.25) is 10.0 Å². The molecule has 0 aromatic carbocycles. The molecule has 0 aliphatic heterocycles. The molecular formula is C8H18ClNO2S. The number of halogens is 1. The van der Waals surface area contributed by atoms with Crippen molar-refractivity contribution in [3.05, 3.63) is 0 Å². The Morgan fingerprint density at radius 3 is 2.08 bits per heavy atom. The van der Waals surface area contributed by atoms with Gasteiger partial charge >= 0.3 is 0 Å². The predicted octanol–water partition coefficient (Wildman–Crippen LogP) is 1.58. The summed E-state index contributed by atoms with van der Waals surface area (Å²) in [6, 6.07) is -0.0972. The predicted molar refractivity (Wildman–Crippen MR) is 56.6 cm³/mol. The lowest BCUT2D eigenvalue weighted by molar-refractivity contribution is 0.293. The van der Waals surface area contributed by atoms with Crippen LogP contribution < -0.4 is 4.72 Å². The van der Waals surface area contributed by atoms with Crippen LogP contribution in [0.1, 0.15) is 27.2 Å². The van der Waals surface area contributed by atoms with Gasteiger partial charge in [-0.3, -0.25) is 0 Å². The van der Waals surface area contributed by atoms with Crippen LogP contribution in [-0.4, -0.2) is 26.6 Å². The summed E-state index contributed by atoms with van der Waals surface area (Å²) in [7, 11) is -3.14. The zero-order chi connectivity index (χ0) is 10.7. The molecule has 0 aromatic heterocycles. The fourth-order valence-corrected chi connectivity index (χ4v) is 2.24. The van der Waals surface area contributed by atoms with Crippen LogP contribution in [0.25, 0.3) is 0 Å². The van der Waals surface area contributed by atoms with Gasteiger partial charge in [0.15, 0.2) is 0 Å². The van der Waals surface area contributed by atoms with E-state index in [1.165, 1.54) is 6.26 Å². The van der Waals surface area contributed by atoms with Crippen molar-refractivity contribution < 1.29 is 8.42 Å². The molecule has 0 spiro atoms. The highest BCUT2D eigenvalue weighted by Gasteiger charge is 2.26. The Labute approximate surface area is 85.9 Å². The van der Waals surface area contributed by atoms with Crippen molar-refractivity contribution in [3.8, 4) is 0 Å². The summed E-state index contributed by atoms with van der Waals surface area (Å²) in [5.41, 5.74) is -0.0992. The van der Waals surface area contributed by atoms with Gasteiger partial charge in [-0.05, 0) is 11.8 Å². The summed E-state index contributed by atoms with van der Waals surface area (Å²) in [4.78, 5) is 0. The highest BCUT2D eigenvalue weighted by Crippen LogP contribution is 2.22. The van der Waals surface area contributed by atoms with Crippen molar-refractivity contribution in [1.82, 2.24) is 4.72 Å². The van der Waals surface area contributed by atoms with Crippen LogP contribution in [0.15, 0.2) is 0 Å². The summed E-state index contributed by atoms with van der Waals surface area (Å²) >= 11 is 5.60. The molecule has 13 heavy (non-hydrogen) atoms. The minimum Gasteiger partial charge on any atom is -0.213 e. The third kappa shape index (κ3) is 6.29. The van der Waals surface area contributed by atoms with Gasteiger partial charge in [0.05, 0.1) is 6.26 Å². The second-order valence-corrected chi connectivity index (χ2v) is 6.44. The molecule has 1 N–H and O–H groups in total. The van der Waals surface area contributed by atoms with Crippen molar-refractivity contribution in [3.63, 3.8) is 0 Å². The van der Waals surface area contributed by atoms with E-state index in [1.807, 2.05) is 20.8 Å². The molecule has 0 aliphatic rings. The van der Waals surface area contributed by atoms with Crippen LogP contribution >= 0.6 is 11.6 Å². The first-order chi connectivity index (χ1) is 5.67. The number of rotatable bonds is 4. The number of hydrogen-bond donors (Lipinski definition) is 1. The Kier molecular flexibility index (Phi) is 4.69. The van der Waals surface area contributed by atoms with E-state index in [0.29, 0.717) is 12.3 Å². The number of nitrogens with one attached hydrogen (secondary N) is 1. The molecule has 0 fully saturated rings. The lowest BCUT2D eigenvalue weighted by Gasteiger charge is -2.30. The molecule has 0 saturated heterocycles. The summed E-state index contributed by atoms with van der Waals surface area (Å²) < 4.78 is 24.6. The first-order valence-electron chi connectivity index (χ1n) is 4.20. The summed E-state index contributed by atoms with van der Waals surface area (Å²) in [6.07, 6.45) is 1.82. The Bertz CT molecular complexity index is 243. The number of hydrogen-bond acceptors (Lipinski definition) is 2. The van der Waals surface area contributed by atoms with Crippen LogP contribution in [0.3, 0.4) is 0 Å². The van der Waals surface area contributed by atoms with Gasteiger partial charge in [-0.25, -0.2) is 13.1 Å². The average molecular weight is 228 g/mol. The maximum atomic E-state index is 11.0. The SMILES string of the molecule is CC(C)(C)C(CCCl)NS(C)(=O)=O. The molecule has 0 radical (unpaired) electrons. The highest BCUT2D eigenvalue weighted by atomic mass is 35.5. The normalized spacial score (nSPS) is 15.8. The van der Waals surface area contributed by atoms with E-state index in [0.717, 1.165) is 0 Å². The molecule has 80 valence electrons. The van der Waals surface area contributed by atoms with Crippen molar-refractivity contribution in [2.24, 2.45) is 5.41 Å². The molecular weight excluding hydrogens is 210 g/mol. The van der Waals surface area contributed by atoms with Crippen LogP contribution in [0, 0.1) is 5.41 Å². The van der Waals surface area contributed by atoms with E-state index < -0.39 is 10.0 Å². The van der Waals surface area contributed by atoms with Crippen LogP contribution in [0.2, 0.25) is 0 Å². The van der Waals surface area contributed by atoms with Gasteiger partial charge < -0.3 is 0 Å². The monoisotopic (exact) mass is 227 g/mol. The van der Waals surface area contributed by atoms with Gasteiger partial charge in [-0.2, -0.15) is 0 Å². The van der Waals surface area contributed by atoms with Crippen LogP contribution in [0.5, 0.6) is 0 Å². The van der Waals surface area contributed by atoms with E-state index in [2.05, 4.69) is 4.72 Å². The molecule has 5 heteroatoms. The van der Waals surface area contributed by atoms with Crippen LogP contribution in [0.4, 0.5) is 0 Å². The Hall–Kier alpha value is 0.200. The van der Waals surface area contributed by atoms with Gasteiger partial charge in [0, 0.05) is 11.9 Å². The Balaban J connectivity index is 4.45. The first kappa shape index (κ1) is 13.2. The standard InChI is InChI=1S/C8H18ClNO2S/c1-8(2,3)7(5-6-9)10-13(4,11)12/h7,10H,5-6H2,1-4H3. The average Bonchev–Trinajstić information content (AvgIpc) is 1.81. The van der Waals surface area contributed by atoms with Gasteiger partial charge in [0.25, 0.3) is 0 Å². The van der Waals surface area contributed by atoms with Crippen molar-refractivity contribution in [1.29, 1.82) is 0 Å². The van der Waals surface area contributed by atoms with Crippen molar-refractivity contribution >= 4 is 21.6 Å². The third-order valence-electron chi connectivity index (χ3n) is 1.80. The van der Waals surface area contributed by atoms with Crippen LogP contribution in [-0.2, 0) is 10.0 Å². The zero-order valence-electron chi connectivity index (χ0n) is 8.59. The molecule has 1 atom stereocenters. The number of sulfonamides is 1. The second-order valence-electron chi connectivity index (χ2n) is 4.29. The van der Waals surface area contributed by atoms with Gasteiger partial charge in [-0.15, -0.1) is 11.6 Å². The largest absolute Gasteiger partial charge is 0.213 e. The Morgan fingerprint density at radius 1 is 1.38 bits per heavy atom. The van der Waals surface area contributed by atoms with E-state index in [9.17, 15) is 8.42 Å². The summed E-state index contributed by atoms with van der Waals surface area (Å²) in [6.45, 7) is 5.97. The lowest BCUT2D eigenvalue weighted by Crippen LogP contribution is -2.43. The maximum Gasteiger partial charge on any atom is 0.208 e. The minimum absolute atomic E-state index is 0.0972. The minimum atomic E-state index is -3.14. The fourth-order valence-electron chi connectivity index (χ4n) is 1.04. The van der Waals surface area contributed by atoms with Crippen molar-refractivity contribution in [2.45, 2.75) is 33.2 Å². The molecule has 0 rings (SSSR count). The fraction of sp³-hybridized carbons (Fsp3) is 1.00. The third-order valence-corrected chi connectivity index (χ3v) is 2.73. The lowest BCUT2D eigenvalue weighted by atomic mass is 9.86. The van der Waals surface area contributed by atoms with E-state index in [1.54, 1.807) is 0 Å². The van der Waals surface area contributed by atoms with E-state index in [4.69, 9.17) is 11.6 Å². The summed E-state index contributed by atoms with van der Waals surface area (Å²) in [5, 5.41) is 0. The molecule has 0 bridgehead atoms. The topological polar surface area (TPSA) is 46.2 Å².